The summed E-state index contributed by atoms with van der Waals surface area (Å²) in [6, 6.07) is 6.84. The van der Waals surface area contributed by atoms with Crippen molar-refractivity contribution in [1.29, 1.82) is 0 Å². The first-order valence-corrected chi connectivity index (χ1v) is 7.00. The summed E-state index contributed by atoms with van der Waals surface area (Å²) in [6.45, 7) is 2.46. The normalized spacial score (nSPS) is 13.4. The van der Waals surface area contributed by atoms with Crippen LogP contribution in [0.1, 0.15) is 18.6 Å². The number of amides is 2. The zero-order chi connectivity index (χ0) is 15.9. The molecule has 0 aliphatic heterocycles. The number of hydrogen-bond donors (Lipinski definition) is 3. The molecule has 2 amide bonds. The number of halogens is 1. The fourth-order valence-electron chi connectivity index (χ4n) is 2.00. The van der Waals surface area contributed by atoms with E-state index >= 15 is 0 Å². The molecular weight excluding hydrogens is 287 g/mol. The van der Waals surface area contributed by atoms with E-state index in [1.807, 2.05) is 19.2 Å². The van der Waals surface area contributed by atoms with Crippen molar-refractivity contribution >= 4 is 6.03 Å². The van der Waals surface area contributed by atoms with Crippen LogP contribution in [0.2, 0.25) is 0 Å². The maximum Gasteiger partial charge on any atom is 0.315 e. The minimum absolute atomic E-state index is 0.0476. The first-order chi connectivity index (χ1) is 10.5. The fourth-order valence-corrected chi connectivity index (χ4v) is 2.00. The molecule has 0 aliphatic rings. The van der Waals surface area contributed by atoms with Crippen LogP contribution in [0.25, 0.3) is 0 Å². The monoisotopic (exact) mass is 306 g/mol. The molecule has 2 rings (SSSR count). The molecule has 0 saturated carbocycles. The molecular formula is C15H19FN4O2. The number of carbonyl (C=O) groups excluding carboxylic acids is 1. The van der Waals surface area contributed by atoms with Crippen LogP contribution in [0.3, 0.4) is 0 Å². The molecule has 0 radical (unpaired) electrons. The number of aliphatic hydroxyl groups excluding tert-OH is 1. The third-order valence-electron chi connectivity index (χ3n) is 3.11. The van der Waals surface area contributed by atoms with Gasteiger partial charge in [0, 0.05) is 25.0 Å². The Morgan fingerprint density at radius 3 is 2.77 bits per heavy atom. The van der Waals surface area contributed by atoms with Crippen LogP contribution < -0.4 is 10.6 Å². The first-order valence-electron chi connectivity index (χ1n) is 7.00. The first kappa shape index (κ1) is 16.0. The van der Waals surface area contributed by atoms with Crippen molar-refractivity contribution in [2.24, 2.45) is 0 Å². The highest BCUT2D eigenvalue weighted by molar-refractivity contribution is 5.74. The van der Waals surface area contributed by atoms with Gasteiger partial charge in [0.15, 0.2) is 0 Å². The van der Waals surface area contributed by atoms with Gasteiger partial charge in [0.25, 0.3) is 0 Å². The molecule has 0 aliphatic carbocycles. The summed E-state index contributed by atoms with van der Waals surface area (Å²) in [5, 5.41) is 19.3. The summed E-state index contributed by atoms with van der Waals surface area (Å²) in [7, 11) is 0. The van der Waals surface area contributed by atoms with Gasteiger partial charge >= 0.3 is 6.03 Å². The van der Waals surface area contributed by atoms with Crippen LogP contribution in [0.5, 0.6) is 0 Å². The number of nitrogens with one attached hydrogen (secondary N) is 2. The van der Waals surface area contributed by atoms with Crippen LogP contribution in [0.4, 0.5) is 9.18 Å². The third-order valence-corrected chi connectivity index (χ3v) is 3.11. The SMILES string of the molecule is C[C@H](Cn1cccn1)NC(=O)NC[C@H](O)c1ccc(F)cc1. The Kier molecular flexibility index (Phi) is 5.48. The summed E-state index contributed by atoms with van der Waals surface area (Å²) in [6.07, 6.45) is 2.60. The molecule has 0 unspecified atom stereocenters. The van der Waals surface area contributed by atoms with Crippen LogP contribution in [-0.4, -0.2) is 33.5 Å². The number of nitrogens with zero attached hydrogens (tertiary/aromatic N) is 2. The molecule has 118 valence electrons. The van der Waals surface area contributed by atoms with E-state index in [1.54, 1.807) is 10.9 Å². The lowest BCUT2D eigenvalue weighted by Gasteiger charge is -2.16. The molecule has 22 heavy (non-hydrogen) atoms. The zero-order valence-corrected chi connectivity index (χ0v) is 12.2. The van der Waals surface area contributed by atoms with Gasteiger partial charge in [0.2, 0.25) is 0 Å². The van der Waals surface area contributed by atoms with E-state index in [4.69, 9.17) is 0 Å². The van der Waals surface area contributed by atoms with Crippen molar-refractivity contribution in [2.45, 2.75) is 25.6 Å². The summed E-state index contributed by atoms with van der Waals surface area (Å²) >= 11 is 0. The van der Waals surface area contributed by atoms with Crippen LogP contribution in [0, 0.1) is 5.82 Å². The van der Waals surface area contributed by atoms with Crippen molar-refractivity contribution in [3.63, 3.8) is 0 Å². The average Bonchev–Trinajstić information content (AvgIpc) is 2.98. The van der Waals surface area contributed by atoms with Gasteiger partial charge in [-0.1, -0.05) is 12.1 Å². The molecule has 1 aromatic heterocycles. The Balaban J connectivity index is 1.73. The van der Waals surface area contributed by atoms with Gasteiger partial charge in [0.05, 0.1) is 12.6 Å². The highest BCUT2D eigenvalue weighted by Gasteiger charge is 2.11. The second-order valence-electron chi connectivity index (χ2n) is 5.05. The van der Waals surface area contributed by atoms with Gasteiger partial charge in [-0.15, -0.1) is 0 Å². The Labute approximate surface area is 128 Å². The Hall–Kier alpha value is -2.41. The minimum Gasteiger partial charge on any atom is -0.387 e. The van der Waals surface area contributed by atoms with Crippen LogP contribution in [-0.2, 0) is 6.54 Å². The molecule has 0 spiro atoms. The van der Waals surface area contributed by atoms with E-state index in [0.717, 1.165) is 0 Å². The quantitative estimate of drug-likeness (QED) is 0.755. The number of benzene rings is 1. The van der Waals surface area contributed by atoms with Crippen molar-refractivity contribution in [2.75, 3.05) is 6.54 Å². The summed E-state index contributed by atoms with van der Waals surface area (Å²) in [5.41, 5.74) is 0.547. The predicted octanol–water partition coefficient (Wildman–Crippen LogP) is 1.44. The lowest BCUT2D eigenvalue weighted by molar-refractivity contribution is 0.172. The van der Waals surface area contributed by atoms with Gasteiger partial charge in [0.1, 0.15) is 5.82 Å². The number of hydrogen-bond acceptors (Lipinski definition) is 3. The van der Waals surface area contributed by atoms with E-state index in [1.165, 1.54) is 24.3 Å². The summed E-state index contributed by atoms with van der Waals surface area (Å²) in [5.74, 6) is -0.367. The predicted molar refractivity (Wildman–Crippen MR) is 79.6 cm³/mol. The number of aromatic nitrogens is 2. The third kappa shape index (κ3) is 4.85. The smallest absolute Gasteiger partial charge is 0.315 e. The van der Waals surface area contributed by atoms with Crippen LogP contribution in [0.15, 0.2) is 42.7 Å². The molecule has 6 nitrogen and oxygen atoms in total. The van der Waals surface area contributed by atoms with E-state index in [0.29, 0.717) is 12.1 Å². The standard InChI is InChI=1S/C15H19FN4O2/c1-11(10-20-8-2-7-18-20)19-15(22)17-9-14(21)12-3-5-13(16)6-4-12/h2-8,11,14,21H,9-10H2,1H3,(H2,17,19,22)/t11-,14+/m1/s1. The minimum atomic E-state index is -0.882. The number of urea groups is 1. The lowest BCUT2D eigenvalue weighted by Crippen LogP contribution is -2.43. The van der Waals surface area contributed by atoms with Gasteiger partial charge in [-0.3, -0.25) is 4.68 Å². The van der Waals surface area contributed by atoms with Crippen LogP contribution >= 0.6 is 0 Å². The molecule has 3 N–H and O–H groups in total. The molecule has 0 saturated heterocycles. The number of aliphatic hydroxyl groups is 1. The molecule has 0 bridgehead atoms. The highest BCUT2D eigenvalue weighted by atomic mass is 19.1. The van der Waals surface area contributed by atoms with E-state index in [9.17, 15) is 14.3 Å². The second-order valence-corrected chi connectivity index (χ2v) is 5.05. The van der Waals surface area contributed by atoms with E-state index < -0.39 is 6.10 Å². The second kappa shape index (κ2) is 7.56. The summed E-state index contributed by atoms with van der Waals surface area (Å²) in [4.78, 5) is 11.7. The Bertz CT molecular complexity index is 586. The molecule has 1 heterocycles. The Morgan fingerprint density at radius 2 is 2.14 bits per heavy atom. The molecule has 1 aromatic carbocycles. The Morgan fingerprint density at radius 1 is 1.41 bits per heavy atom. The topological polar surface area (TPSA) is 79.2 Å². The van der Waals surface area contributed by atoms with Crippen molar-refractivity contribution in [1.82, 2.24) is 20.4 Å². The van der Waals surface area contributed by atoms with E-state index in [2.05, 4.69) is 15.7 Å². The zero-order valence-electron chi connectivity index (χ0n) is 12.2. The number of rotatable bonds is 6. The van der Waals surface area contributed by atoms with Crippen molar-refractivity contribution in [3.05, 3.63) is 54.1 Å². The maximum atomic E-state index is 12.8. The van der Waals surface area contributed by atoms with Gasteiger partial charge in [-0.2, -0.15) is 5.10 Å². The van der Waals surface area contributed by atoms with Gasteiger partial charge < -0.3 is 15.7 Å². The number of carbonyl (C=O) groups is 1. The highest BCUT2D eigenvalue weighted by Crippen LogP contribution is 2.12. The maximum absolute atomic E-state index is 12.8. The van der Waals surface area contributed by atoms with Gasteiger partial charge in [-0.05, 0) is 30.7 Å². The molecule has 2 atom stereocenters. The molecule has 2 aromatic rings. The fraction of sp³-hybridized carbons (Fsp3) is 0.333. The van der Waals surface area contributed by atoms with Crippen molar-refractivity contribution < 1.29 is 14.3 Å². The lowest BCUT2D eigenvalue weighted by atomic mass is 10.1. The van der Waals surface area contributed by atoms with Gasteiger partial charge in [-0.25, -0.2) is 9.18 Å². The summed E-state index contributed by atoms with van der Waals surface area (Å²) < 4.78 is 14.5. The van der Waals surface area contributed by atoms with E-state index in [-0.39, 0.29) is 24.4 Å². The largest absolute Gasteiger partial charge is 0.387 e. The van der Waals surface area contributed by atoms with Crippen molar-refractivity contribution in [3.8, 4) is 0 Å². The average molecular weight is 306 g/mol. The molecule has 7 heteroatoms. The molecule has 0 fully saturated rings.